The fourth-order valence-electron chi connectivity index (χ4n) is 2.28. The molecule has 0 spiro atoms. The average molecular weight is 396 g/mol. The Kier molecular flexibility index (Phi) is 4.15. The second kappa shape index (κ2) is 5.81. The van der Waals surface area contributed by atoms with E-state index in [0.29, 0.717) is 0 Å². The van der Waals surface area contributed by atoms with Crippen LogP contribution in [0, 0.1) is 6.92 Å². The second-order valence-electron chi connectivity index (χ2n) is 5.23. The van der Waals surface area contributed by atoms with Crippen LogP contribution < -0.4 is 0 Å². The van der Waals surface area contributed by atoms with Crippen molar-refractivity contribution in [1.29, 1.82) is 0 Å². The molecule has 0 fully saturated rings. The highest BCUT2D eigenvalue weighted by atomic mass is 35.5. The Morgan fingerprint density at radius 3 is 2.16 bits per heavy atom. The fourth-order valence-corrected chi connectivity index (χ4v) is 2.57. The first kappa shape index (κ1) is 17.9. The first-order valence-corrected chi connectivity index (χ1v) is 7.55. The molecule has 3 nitrogen and oxygen atoms in total. The summed E-state index contributed by atoms with van der Waals surface area (Å²) in [6.45, 7) is 1.50. The zero-order valence-corrected chi connectivity index (χ0v) is 13.9. The van der Waals surface area contributed by atoms with Crippen molar-refractivity contribution in [3.05, 3.63) is 52.3 Å². The zero-order valence-electron chi connectivity index (χ0n) is 12.4. The van der Waals surface area contributed by atoms with Crippen LogP contribution in [0.15, 0.2) is 30.3 Å². The number of alkyl halides is 6. The molecular weight excluding hydrogens is 388 g/mol. The van der Waals surface area contributed by atoms with Crippen molar-refractivity contribution in [3.63, 3.8) is 0 Å². The zero-order chi connectivity index (χ0) is 18.6. The van der Waals surface area contributed by atoms with E-state index in [9.17, 15) is 22.0 Å². The van der Waals surface area contributed by atoms with Gasteiger partial charge in [-0.15, -0.1) is 0 Å². The quantitative estimate of drug-likeness (QED) is 0.413. The van der Waals surface area contributed by atoms with E-state index in [1.165, 1.54) is 6.92 Å². The van der Waals surface area contributed by atoms with Gasteiger partial charge in [0.05, 0.1) is 17.0 Å². The molecule has 0 N–H and O–H groups in total. The Morgan fingerprint density at radius 1 is 1.04 bits per heavy atom. The molecule has 0 bridgehead atoms. The Balaban J connectivity index is 2.22. The molecule has 0 atom stereocenters. The maximum atomic E-state index is 13.7. The maximum Gasteiger partial charge on any atom is 0.416 e. The van der Waals surface area contributed by atoms with E-state index >= 15 is 0 Å². The molecule has 0 saturated carbocycles. The predicted molar refractivity (Wildman–Crippen MR) is 82.9 cm³/mol. The summed E-state index contributed by atoms with van der Waals surface area (Å²) in [6.07, 6.45) is -4.50. The summed E-state index contributed by atoms with van der Waals surface area (Å²) in [5.74, 6) is 0. The molecule has 25 heavy (non-hydrogen) atoms. The molecule has 3 aromatic rings. The van der Waals surface area contributed by atoms with E-state index in [-0.39, 0.29) is 27.6 Å². The van der Waals surface area contributed by atoms with Crippen LogP contribution in [0.4, 0.5) is 22.0 Å². The average Bonchev–Trinajstić information content (AvgIpc) is 2.80. The number of benzene rings is 1. The van der Waals surface area contributed by atoms with Gasteiger partial charge in [-0.3, -0.25) is 0 Å². The highest BCUT2D eigenvalue weighted by molar-refractivity contribution is 6.34. The van der Waals surface area contributed by atoms with Gasteiger partial charge in [0.2, 0.25) is 0 Å². The maximum absolute atomic E-state index is 13.7. The van der Waals surface area contributed by atoms with E-state index in [4.69, 9.17) is 23.2 Å². The van der Waals surface area contributed by atoms with Crippen molar-refractivity contribution in [2.75, 3.05) is 0 Å². The highest BCUT2D eigenvalue weighted by Crippen LogP contribution is 2.37. The van der Waals surface area contributed by atoms with Crippen LogP contribution in [0.25, 0.3) is 16.9 Å². The standard InChI is InChI=1S/C15H8Cl2F5N3/c1-7-12(16)13-23-10(6-11(14(17,18)19)25(13)24-7)8-2-4-9(5-3-8)15(20,21)22/h2-6H,1H3. The lowest BCUT2D eigenvalue weighted by Crippen LogP contribution is -2.12. The lowest BCUT2D eigenvalue weighted by atomic mass is 10.1. The second-order valence-corrected chi connectivity index (χ2v) is 6.09. The molecule has 132 valence electrons. The number of fused-ring (bicyclic) bond motifs is 1. The molecule has 0 aliphatic carbocycles. The third-order valence-corrected chi connectivity index (χ3v) is 4.13. The summed E-state index contributed by atoms with van der Waals surface area (Å²) in [7, 11) is 0. The minimum atomic E-state index is -4.50. The van der Waals surface area contributed by atoms with Crippen LogP contribution in [-0.2, 0) is 11.6 Å². The number of aryl methyl sites for hydroxylation is 1. The van der Waals surface area contributed by atoms with Crippen molar-refractivity contribution < 1.29 is 22.0 Å². The Morgan fingerprint density at radius 2 is 1.64 bits per heavy atom. The van der Waals surface area contributed by atoms with Gasteiger partial charge in [-0.1, -0.05) is 23.7 Å². The summed E-state index contributed by atoms with van der Waals surface area (Å²) in [5, 5.41) is 0.147. The van der Waals surface area contributed by atoms with Crippen molar-refractivity contribution in [1.82, 2.24) is 14.6 Å². The van der Waals surface area contributed by atoms with Gasteiger partial charge in [-0.05, 0) is 36.7 Å². The SMILES string of the molecule is Cc1nn2c(C(F)(F)Cl)cc(-c3ccc(C(F)(F)F)cc3)nc2c1Cl. The van der Waals surface area contributed by atoms with Gasteiger partial charge in [0.25, 0.3) is 0 Å². The molecule has 2 aromatic heterocycles. The van der Waals surface area contributed by atoms with Gasteiger partial charge in [0, 0.05) is 5.56 Å². The Labute approximate surface area is 148 Å². The van der Waals surface area contributed by atoms with E-state index in [2.05, 4.69) is 10.1 Å². The van der Waals surface area contributed by atoms with Crippen LogP contribution in [0.5, 0.6) is 0 Å². The molecule has 0 amide bonds. The predicted octanol–water partition coefficient (Wildman–Crippen LogP) is 5.67. The first-order chi connectivity index (χ1) is 11.5. The largest absolute Gasteiger partial charge is 0.416 e. The topological polar surface area (TPSA) is 30.2 Å². The molecule has 3 rings (SSSR count). The lowest BCUT2D eigenvalue weighted by molar-refractivity contribution is -0.137. The Hall–Kier alpha value is -1.93. The van der Waals surface area contributed by atoms with Crippen LogP contribution in [-0.4, -0.2) is 14.6 Å². The lowest BCUT2D eigenvalue weighted by Gasteiger charge is -2.13. The van der Waals surface area contributed by atoms with Gasteiger partial charge in [0.15, 0.2) is 5.65 Å². The molecule has 0 aliphatic heterocycles. The normalized spacial score (nSPS) is 12.8. The summed E-state index contributed by atoms with van der Waals surface area (Å²) in [4.78, 5) is 4.13. The van der Waals surface area contributed by atoms with Crippen LogP contribution in [0.3, 0.4) is 0 Å². The van der Waals surface area contributed by atoms with Gasteiger partial charge < -0.3 is 0 Å². The molecular formula is C15H8Cl2F5N3. The molecule has 2 heterocycles. The summed E-state index contributed by atoms with van der Waals surface area (Å²) in [5.41, 5.74) is -1.15. The molecule has 0 saturated heterocycles. The van der Waals surface area contributed by atoms with Crippen molar-refractivity contribution in [2.45, 2.75) is 18.5 Å². The minimum Gasteiger partial charge on any atom is -0.227 e. The smallest absolute Gasteiger partial charge is 0.227 e. The Bertz CT molecular complexity index is 943. The number of hydrogen-bond donors (Lipinski definition) is 0. The van der Waals surface area contributed by atoms with E-state index in [1.807, 2.05) is 0 Å². The van der Waals surface area contributed by atoms with Gasteiger partial charge >= 0.3 is 11.6 Å². The first-order valence-electron chi connectivity index (χ1n) is 6.79. The van der Waals surface area contributed by atoms with Crippen molar-refractivity contribution in [3.8, 4) is 11.3 Å². The number of halogens is 7. The van der Waals surface area contributed by atoms with E-state index in [0.717, 1.165) is 34.8 Å². The van der Waals surface area contributed by atoms with E-state index in [1.54, 1.807) is 0 Å². The fraction of sp³-hybridized carbons (Fsp3) is 0.200. The molecule has 10 heteroatoms. The summed E-state index contributed by atoms with van der Waals surface area (Å²) in [6, 6.07) is 4.90. The molecule has 1 aromatic carbocycles. The number of rotatable bonds is 2. The summed E-state index contributed by atoms with van der Waals surface area (Å²) < 4.78 is 66.2. The van der Waals surface area contributed by atoms with Gasteiger partial charge in [-0.2, -0.15) is 27.1 Å². The summed E-state index contributed by atoms with van der Waals surface area (Å²) >= 11 is 11.2. The number of aromatic nitrogens is 3. The number of nitrogens with zero attached hydrogens (tertiary/aromatic N) is 3. The van der Waals surface area contributed by atoms with E-state index < -0.39 is 22.8 Å². The van der Waals surface area contributed by atoms with Crippen molar-refractivity contribution >= 4 is 28.8 Å². The van der Waals surface area contributed by atoms with Crippen LogP contribution >= 0.6 is 23.2 Å². The molecule has 0 unspecified atom stereocenters. The van der Waals surface area contributed by atoms with Gasteiger partial charge in [-0.25, -0.2) is 9.50 Å². The number of hydrogen-bond acceptors (Lipinski definition) is 2. The third kappa shape index (κ3) is 3.28. The monoisotopic (exact) mass is 395 g/mol. The van der Waals surface area contributed by atoms with Gasteiger partial charge in [0.1, 0.15) is 10.7 Å². The third-order valence-electron chi connectivity index (χ3n) is 3.49. The molecule has 0 aliphatic rings. The minimum absolute atomic E-state index is 0.00153. The van der Waals surface area contributed by atoms with Crippen LogP contribution in [0.2, 0.25) is 5.02 Å². The van der Waals surface area contributed by atoms with Crippen LogP contribution in [0.1, 0.15) is 17.0 Å². The highest BCUT2D eigenvalue weighted by Gasteiger charge is 2.34. The molecule has 0 radical (unpaired) electrons. The van der Waals surface area contributed by atoms with Crippen molar-refractivity contribution in [2.24, 2.45) is 0 Å².